The summed E-state index contributed by atoms with van der Waals surface area (Å²) < 4.78 is 9.63. The predicted molar refractivity (Wildman–Crippen MR) is 50.1 cm³/mol. The van der Waals surface area contributed by atoms with Crippen LogP contribution in [0.3, 0.4) is 0 Å². The number of amides is 1. The third-order valence-electron chi connectivity index (χ3n) is 1.67. The molecule has 0 spiro atoms. The van der Waals surface area contributed by atoms with Crippen LogP contribution in [0, 0.1) is 6.92 Å². The molecule has 0 aromatic carbocycles. The number of ether oxygens (including phenoxy) is 1. The summed E-state index contributed by atoms with van der Waals surface area (Å²) in [4.78, 5) is 11.3. The molecule has 14 heavy (non-hydrogen) atoms. The summed E-state index contributed by atoms with van der Waals surface area (Å²) in [6.45, 7) is 2.96. The van der Waals surface area contributed by atoms with Crippen molar-refractivity contribution in [2.75, 3.05) is 20.3 Å². The van der Waals surface area contributed by atoms with Crippen LogP contribution in [0.5, 0.6) is 0 Å². The maximum absolute atomic E-state index is 11.3. The van der Waals surface area contributed by atoms with Gasteiger partial charge in [-0.1, -0.05) is 5.16 Å². The number of carbonyl (C=O) groups excluding carboxylic acids is 1. The maximum Gasteiger partial charge on any atom is 0.273 e. The zero-order chi connectivity index (χ0) is 10.4. The molecule has 0 saturated carbocycles. The van der Waals surface area contributed by atoms with Crippen LogP contribution in [-0.2, 0) is 4.74 Å². The van der Waals surface area contributed by atoms with Crippen LogP contribution < -0.4 is 5.32 Å². The predicted octanol–water partition coefficient (Wildman–Crippen LogP) is 0.749. The molecule has 1 amide bonds. The van der Waals surface area contributed by atoms with E-state index in [0.29, 0.717) is 24.6 Å². The van der Waals surface area contributed by atoms with Crippen LogP contribution in [-0.4, -0.2) is 31.3 Å². The van der Waals surface area contributed by atoms with Crippen molar-refractivity contribution >= 4 is 5.91 Å². The summed E-state index contributed by atoms with van der Waals surface area (Å²) in [7, 11) is 1.63. The van der Waals surface area contributed by atoms with E-state index in [0.717, 1.165) is 6.42 Å². The fourth-order valence-corrected chi connectivity index (χ4v) is 0.982. The van der Waals surface area contributed by atoms with Gasteiger partial charge in [-0.05, 0) is 13.3 Å². The van der Waals surface area contributed by atoms with Gasteiger partial charge in [0.2, 0.25) is 0 Å². The molecule has 0 aliphatic carbocycles. The number of aryl methyl sites for hydroxylation is 1. The highest BCUT2D eigenvalue weighted by molar-refractivity contribution is 5.92. The molecule has 0 saturated heterocycles. The lowest BCUT2D eigenvalue weighted by atomic mass is 10.3. The van der Waals surface area contributed by atoms with Gasteiger partial charge in [0, 0.05) is 26.3 Å². The highest BCUT2D eigenvalue weighted by Gasteiger charge is 2.09. The Kier molecular flexibility index (Phi) is 4.12. The molecule has 5 nitrogen and oxygen atoms in total. The summed E-state index contributed by atoms with van der Waals surface area (Å²) >= 11 is 0. The SMILES string of the molecule is COCCCNC(=O)c1cc(C)on1. The number of rotatable bonds is 5. The van der Waals surface area contributed by atoms with Crippen LogP contribution in [0.15, 0.2) is 10.6 Å². The fourth-order valence-electron chi connectivity index (χ4n) is 0.982. The van der Waals surface area contributed by atoms with Crippen molar-refractivity contribution in [1.82, 2.24) is 10.5 Å². The first-order valence-electron chi connectivity index (χ1n) is 4.44. The number of hydrogen-bond acceptors (Lipinski definition) is 4. The number of nitrogens with zero attached hydrogens (tertiary/aromatic N) is 1. The third-order valence-corrected chi connectivity index (χ3v) is 1.67. The lowest BCUT2D eigenvalue weighted by Crippen LogP contribution is -2.25. The Morgan fingerprint density at radius 2 is 2.50 bits per heavy atom. The van der Waals surface area contributed by atoms with Crippen molar-refractivity contribution in [1.29, 1.82) is 0 Å². The Balaban J connectivity index is 2.29. The smallest absolute Gasteiger partial charge is 0.273 e. The van der Waals surface area contributed by atoms with Crippen molar-refractivity contribution in [3.63, 3.8) is 0 Å². The molecule has 0 radical (unpaired) electrons. The van der Waals surface area contributed by atoms with Gasteiger partial charge < -0.3 is 14.6 Å². The highest BCUT2D eigenvalue weighted by Crippen LogP contribution is 2.00. The van der Waals surface area contributed by atoms with Crippen LogP contribution in [0.1, 0.15) is 22.7 Å². The fraction of sp³-hybridized carbons (Fsp3) is 0.556. The molecular weight excluding hydrogens is 184 g/mol. The molecule has 5 heteroatoms. The van der Waals surface area contributed by atoms with Crippen molar-refractivity contribution < 1.29 is 14.1 Å². The van der Waals surface area contributed by atoms with Crippen molar-refractivity contribution in [3.8, 4) is 0 Å². The summed E-state index contributed by atoms with van der Waals surface area (Å²) in [6.07, 6.45) is 0.791. The molecule has 0 aliphatic heterocycles. The molecule has 1 N–H and O–H groups in total. The number of nitrogens with one attached hydrogen (secondary N) is 1. The zero-order valence-corrected chi connectivity index (χ0v) is 8.37. The molecule has 0 atom stereocenters. The van der Waals surface area contributed by atoms with Crippen molar-refractivity contribution in [2.45, 2.75) is 13.3 Å². The lowest BCUT2D eigenvalue weighted by molar-refractivity contribution is 0.0939. The van der Waals surface area contributed by atoms with Gasteiger partial charge in [0.15, 0.2) is 5.69 Å². The molecule has 1 aromatic rings. The van der Waals surface area contributed by atoms with E-state index in [1.807, 2.05) is 0 Å². The molecule has 1 heterocycles. The second-order valence-corrected chi connectivity index (χ2v) is 2.93. The third kappa shape index (κ3) is 3.18. The standard InChI is InChI=1S/C9H14N2O3/c1-7-6-8(11-14-7)9(12)10-4-3-5-13-2/h6H,3-5H2,1-2H3,(H,10,12). The molecule has 78 valence electrons. The van der Waals surface area contributed by atoms with E-state index in [-0.39, 0.29) is 5.91 Å². The largest absolute Gasteiger partial charge is 0.385 e. The van der Waals surface area contributed by atoms with E-state index in [4.69, 9.17) is 9.26 Å². The van der Waals surface area contributed by atoms with E-state index in [1.165, 1.54) is 0 Å². The van der Waals surface area contributed by atoms with Gasteiger partial charge in [0.25, 0.3) is 5.91 Å². The minimum absolute atomic E-state index is 0.210. The average molecular weight is 198 g/mol. The second-order valence-electron chi connectivity index (χ2n) is 2.93. The molecule has 0 fully saturated rings. The lowest BCUT2D eigenvalue weighted by Gasteiger charge is -2.01. The molecule has 0 unspecified atom stereocenters. The molecule has 1 aromatic heterocycles. The normalized spacial score (nSPS) is 10.1. The van der Waals surface area contributed by atoms with Gasteiger partial charge in [-0.2, -0.15) is 0 Å². The first-order chi connectivity index (χ1) is 6.74. The molecule has 0 bridgehead atoms. The highest BCUT2D eigenvalue weighted by atomic mass is 16.5. The van der Waals surface area contributed by atoms with Gasteiger partial charge in [0.05, 0.1) is 0 Å². The Bertz CT molecular complexity index is 296. The molecule has 1 rings (SSSR count). The van der Waals surface area contributed by atoms with Gasteiger partial charge >= 0.3 is 0 Å². The van der Waals surface area contributed by atoms with Gasteiger partial charge in [-0.25, -0.2) is 0 Å². The Morgan fingerprint density at radius 1 is 1.71 bits per heavy atom. The number of hydrogen-bond donors (Lipinski definition) is 1. The van der Waals surface area contributed by atoms with Crippen molar-refractivity contribution in [2.24, 2.45) is 0 Å². The van der Waals surface area contributed by atoms with Crippen LogP contribution in [0.2, 0.25) is 0 Å². The Morgan fingerprint density at radius 3 is 3.07 bits per heavy atom. The second kappa shape index (κ2) is 5.39. The number of carbonyl (C=O) groups is 1. The van der Waals surface area contributed by atoms with E-state index in [1.54, 1.807) is 20.1 Å². The molecule has 0 aliphatic rings. The number of methoxy groups -OCH3 is 1. The van der Waals surface area contributed by atoms with Gasteiger partial charge in [0.1, 0.15) is 5.76 Å². The minimum Gasteiger partial charge on any atom is -0.385 e. The van der Waals surface area contributed by atoms with Crippen molar-refractivity contribution in [3.05, 3.63) is 17.5 Å². The average Bonchev–Trinajstić information content (AvgIpc) is 2.59. The van der Waals surface area contributed by atoms with Gasteiger partial charge in [-0.15, -0.1) is 0 Å². The summed E-state index contributed by atoms with van der Waals surface area (Å²) in [5, 5.41) is 6.30. The van der Waals surface area contributed by atoms with Crippen LogP contribution in [0.4, 0.5) is 0 Å². The van der Waals surface area contributed by atoms with E-state index >= 15 is 0 Å². The Hall–Kier alpha value is -1.36. The van der Waals surface area contributed by atoms with E-state index < -0.39 is 0 Å². The first kappa shape index (κ1) is 10.7. The topological polar surface area (TPSA) is 64.4 Å². The van der Waals surface area contributed by atoms with Crippen LogP contribution >= 0.6 is 0 Å². The number of aromatic nitrogens is 1. The van der Waals surface area contributed by atoms with E-state index in [9.17, 15) is 4.79 Å². The summed E-state index contributed by atoms with van der Waals surface area (Å²) in [5.41, 5.74) is 0.319. The van der Waals surface area contributed by atoms with E-state index in [2.05, 4.69) is 10.5 Å². The first-order valence-corrected chi connectivity index (χ1v) is 4.44. The summed E-state index contributed by atoms with van der Waals surface area (Å²) in [5.74, 6) is 0.421. The Labute approximate surface area is 82.4 Å². The minimum atomic E-state index is -0.210. The quantitative estimate of drug-likeness (QED) is 0.709. The zero-order valence-electron chi connectivity index (χ0n) is 8.37. The summed E-state index contributed by atoms with van der Waals surface area (Å²) in [6, 6.07) is 1.60. The van der Waals surface area contributed by atoms with Crippen LogP contribution in [0.25, 0.3) is 0 Å². The monoisotopic (exact) mass is 198 g/mol. The molecular formula is C9H14N2O3. The van der Waals surface area contributed by atoms with Gasteiger partial charge in [-0.3, -0.25) is 4.79 Å². The maximum atomic E-state index is 11.3.